The molecule has 0 aromatic heterocycles. The number of nitrogens with one attached hydrogen (secondary N) is 5. The van der Waals surface area contributed by atoms with E-state index in [1.807, 2.05) is 0 Å². The van der Waals surface area contributed by atoms with Crippen LogP contribution in [0.5, 0.6) is 11.5 Å². The Hall–Kier alpha value is -5.22. The predicted octanol–water partition coefficient (Wildman–Crippen LogP) is 2.60. The van der Waals surface area contributed by atoms with Crippen LogP contribution in [-0.2, 0) is 40.0 Å². The molecule has 0 aliphatic carbocycles. The highest BCUT2D eigenvalue weighted by atomic mass is 35.5. The molecule has 0 spiro atoms. The molecular weight excluding hydrogens is 782 g/mol. The number of benzene rings is 2. The minimum atomic E-state index is -1.43. The Labute approximate surface area is 350 Å². The van der Waals surface area contributed by atoms with Gasteiger partial charge in [-0.3, -0.25) is 33.6 Å². The number of carbonyl (C=O) groups is 7. The summed E-state index contributed by atoms with van der Waals surface area (Å²) in [6.07, 6.45) is 6.35. The highest BCUT2D eigenvalue weighted by Crippen LogP contribution is 2.39. The molecule has 5 unspecified atom stereocenters. The number of rotatable bonds is 20. The van der Waals surface area contributed by atoms with Crippen LogP contribution in [0, 0.1) is 0 Å². The lowest BCUT2D eigenvalue weighted by atomic mass is 9.93. The number of likely N-dealkylation sites (N-methyl/N-ethyl adjacent to an activating group) is 1. The van der Waals surface area contributed by atoms with E-state index < -0.39 is 65.5 Å². The molecule has 9 N–H and O–H groups in total. The number of amides is 6. The van der Waals surface area contributed by atoms with Crippen LogP contribution in [0.1, 0.15) is 102 Å². The second-order valence-electron chi connectivity index (χ2n) is 15.0. The topological polar surface area (TPSA) is 249 Å². The Kier molecular flexibility index (Phi) is 19.6. The number of aromatic hydroxyl groups is 2. The number of nitrogens with zero attached hydrogens (tertiary/aromatic N) is 1. The summed E-state index contributed by atoms with van der Waals surface area (Å²) in [5.41, 5.74) is 6.64. The number of hydrogen-bond donors (Lipinski definition) is 8. The Morgan fingerprint density at radius 3 is 2.24 bits per heavy atom. The van der Waals surface area contributed by atoms with E-state index in [0.717, 1.165) is 37.0 Å². The predicted molar refractivity (Wildman–Crippen MR) is 223 cm³/mol. The Morgan fingerprint density at radius 1 is 0.881 bits per heavy atom. The molecule has 6 amide bonds. The number of unbranched alkanes of at least 4 members (excludes halogenated alkanes) is 5. The number of halogens is 1. The summed E-state index contributed by atoms with van der Waals surface area (Å²) in [7, 11) is 1.37. The van der Waals surface area contributed by atoms with Gasteiger partial charge in [0.15, 0.2) is 5.78 Å². The van der Waals surface area contributed by atoms with Crippen molar-refractivity contribution in [1.29, 1.82) is 0 Å². The number of carbonyl (C=O) groups excluding carboxylic acids is 7. The number of fused-ring (bicyclic) bond motifs is 5. The van der Waals surface area contributed by atoms with Crippen LogP contribution in [0.3, 0.4) is 0 Å². The molecule has 324 valence electrons. The van der Waals surface area contributed by atoms with Gasteiger partial charge in [0, 0.05) is 44.0 Å². The Bertz CT molecular complexity index is 1810. The second-order valence-corrected chi connectivity index (χ2v) is 15.2. The standard InChI is InChI=1S/C42H60ClN7O9/c1-5-6-7-8-9-13-36(54)45-20-18-37(55)48-31(12-10-11-19-44)42(59)50(4)38-28-15-17-34(52)30(23-28)29-21-27(14-16-33(29)51)22-32(40(57)46-25(2)35(53)24-43)49-39(56)26(3)47-41(38)58/h14-17,21,23,25-26,31-32,38,51-52H,5-13,18-20,22,24,44H2,1-4H3,(H,45,54)(H,46,57)(H,47,58)(H,48,55)(H,49,56). The fourth-order valence-electron chi connectivity index (χ4n) is 6.71. The van der Waals surface area contributed by atoms with Gasteiger partial charge in [-0.2, -0.15) is 0 Å². The lowest BCUT2D eigenvalue weighted by Crippen LogP contribution is -2.57. The average molecular weight is 842 g/mol. The van der Waals surface area contributed by atoms with Crippen LogP contribution in [-0.4, -0.2) is 107 Å². The summed E-state index contributed by atoms with van der Waals surface area (Å²) in [4.78, 5) is 94.4. The molecule has 1 aliphatic heterocycles. The van der Waals surface area contributed by atoms with Crippen LogP contribution >= 0.6 is 11.6 Å². The summed E-state index contributed by atoms with van der Waals surface area (Å²) in [5.74, 6) is -4.85. The maximum absolute atomic E-state index is 14.3. The van der Waals surface area contributed by atoms with Crippen molar-refractivity contribution in [3.63, 3.8) is 0 Å². The van der Waals surface area contributed by atoms with Gasteiger partial charge in [-0.1, -0.05) is 44.7 Å². The normalized spacial score (nSPS) is 17.6. The smallest absolute Gasteiger partial charge is 0.248 e. The van der Waals surface area contributed by atoms with Crippen LogP contribution in [0.4, 0.5) is 0 Å². The van der Waals surface area contributed by atoms with Crippen molar-refractivity contribution in [2.75, 3.05) is 26.0 Å². The van der Waals surface area contributed by atoms with E-state index in [1.165, 1.54) is 57.3 Å². The molecule has 3 rings (SSSR count). The molecular formula is C42H60ClN7O9. The molecule has 1 heterocycles. The van der Waals surface area contributed by atoms with Gasteiger partial charge in [0.1, 0.15) is 35.7 Å². The van der Waals surface area contributed by atoms with E-state index in [1.54, 1.807) is 0 Å². The zero-order valence-corrected chi connectivity index (χ0v) is 35.2. The molecule has 4 bridgehead atoms. The van der Waals surface area contributed by atoms with E-state index in [4.69, 9.17) is 17.3 Å². The summed E-state index contributed by atoms with van der Waals surface area (Å²) >= 11 is 5.68. The van der Waals surface area contributed by atoms with Crippen LogP contribution in [0.15, 0.2) is 36.4 Å². The molecule has 2 aromatic rings. The molecule has 1 aliphatic rings. The quantitative estimate of drug-likeness (QED) is 0.0715. The minimum absolute atomic E-state index is 0.0710. The van der Waals surface area contributed by atoms with Crippen LogP contribution in [0.25, 0.3) is 11.1 Å². The third-order valence-corrected chi connectivity index (χ3v) is 10.5. The summed E-state index contributed by atoms with van der Waals surface area (Å²) in [5, 5.41) is 35.4. The zero-order valence-electron chi connectivity index (χ0n) is 34.4. The molecule has 5 atom stereocenters. The van der Waals surface area contributed by atoms with Gasteiger partial charge < -0.3 is 47.4 Å². The summed E-state index contributed by atoms with van der Waals surface area (Å²) < 4.78 is 0. The van der Waals surface area contributed by atoms with Crippen molar-refractivity contribution in [3.05, 3.63) is 47.5 Å². The third kappa shape index (κ3) is 14.5. The highest BCUT2D eigenvalue weighted by molar-refractivity contribution is 6.28. The fourth-order valence-corrected chi connectivity index (χ4v) is 6.94. The molecule has 0 saturated carbocycles. The highest BCUT2D eigenvalue weighted by Gasteiger charge is 2.36. The minimum Gasteiger partial charge on any atom is -0.507 e. The number of ketones is 1. The lowest BCUT2D eigenvalue weighted by Gasteiger charge is -2.32. The number of Topliss-reactive ketones (excluding diaryl/α,β-unsaturated/α-hetero) is 1. The maximum Gasteiger partial charge on any atom is 0.248 e. The Balaban J connectivity index is 1.96. The van der Waals surface area contributed by atoms with Crippen molar-refractivity contribution in [1.82, 2.24) is 31.5 Å². The third-order valence-electron chi connectivity index (χ3n) is 10.2. The number of nitrogens with two attached hydrogens (primary N) is 1. The molecule has 0 saturated heterocycles. The summed E-state index contributed by atoms with van der Waals surface area (Å²) in [6.45, 7) is 5.38. The first-order valence-corrected chi connectivity index (χ1v) is 20.8. The van der Waals surface area contributed by atoms with E-state index >= 15 is 0 Å². The first-order valence-electron chi connectivity index (χ1n) is 20.3. The first-order chi connectivity index (χ1) is 28.1. The van der Waals surface area contributed by atoms with Crippen molar-refractivity contribution >= 4 is 52.8 Å². The largest absolute Gasteiger partial charge is 0.507 e. The van der Waals surface area contributed by atoms with Crippen LogP contribution in [0.2, 0.25) is 0 Å². The molecule has 59 heavy (non-hydrogen) atoms. The van der Waals surface area contributed by atoms with Gasteiger partial charge in [0.2, 0.25) is 35.4 Å². The first kappa shape index (κ1) is 48.2. The molecule has 17 heteroatoms. The number of hydrogen-bond acceptors (Lipinski definition) is 10. The van der Waals surface area contributed by atoms with Gasteiger partial charge in [0.25, 0.3) is 0 Å². The second kappa shape index (κ2) is 24.0. The van der Waals surface area contributed by atoms with E-state index in [-0.39, 0.29) is 65.8 Å². The SMILES string of the molecule is CCCCCCCC(=O)NCCC(=O)NC(CCCCN)C(=O)N(C)C1C(=O)NC(C)C(=O)NC(C(=O)NC(C)C(=O)CCl)Cc2ccc(O)c(c2)-c2cc1ccc2O. The van der Waals surface area contributed by atoms with E-state index in [0.29, 0.717) is 31.4 Å². The molecule has 2 aromatic carbocycles. The molecule has 16 nitrogen and oxygen atoms in total. The van der Waals surface area contributed by atoms with Gasteiger partial charge in [-0.15, -0.1) is 11.6 Å². The monoisotopic (exact) mass is 841 g/mol. The maximum atomic E-state index is 14.3. The zero-order chi connectivity index (χ0) is 43.6. The number of phenolic OH excluding ortho intramolecular Hbond substituents is 2. The van der Waals surface area contributed by atoms with Crippen molar-refractivity contribution in [2.45, 2.75) is 122 Å². The van der Waals surface area contributed by atoms with Crippen molar-refractivity contribution in [2.24, 2.45) is 5.73 Å². The number of alkyl halides is 1. The van der Waals surface area contributed by atoms with Crippen LogP contribution < -0.4 is 32.3 Å². The molecule has 0 radical (unpaired) electrons. The lowest BCUT2D eigenvalue weighted by molar-refractivity contribution is -0.143. The Morgan fingerprint density at radius 2 is 1.56 bits per heavy atom. The van der Waals surface area contributed by atoms with Gasteiger partial charge in [-0.05, 0) is 81.5 Å². The average Bonchev–Trinajstić information content (AvgIpc) is 3.20. The molecule has 0 fully saturated rings. The van der Waals surface area contributed by atoms with Gasteiger partial charge in [0.05, 0.1) is 11.9 Å². The fraction of sp³-hybridized carbons (Fsp3) is 0.548. The van der Waals surface area contributed by atoms with Gasteiger partial charge in [-0.25, -0.2) is 0 Å². The van der Waals surface area contributed by atoms with Crippen molar-refractivity contribution in [3.8, 4) is 22.6 Å². The van der Waals surface area contributed by atoms with E-state index in [2.05, 4.69) is 33.5 Å². The summed E-state index contributed by atoms with van der Waals surface area (Å²) in [6, 6.07) is 2.60. The van der Waals surface area contributed by atoms with E-state index in [9.17, 15) is 43.8 Å². The van der Waals surface area contributed by atoms with Gasteiger partial charge >= 0.3 is 0 Å². The van der Waals surface area contributed by atoms with Crippen molar-refractivity contribution < 1.29 is 43.8 Å². The number of phenols is 2.